The number of aromatic nitrogens is 10. The lowest BCUT2D eigenvalue weighted by Crippen LogP contribution is -2.32. The molecule has 0 unspecified atom stereocenters. The fourth-order valence-electron chi connectivity index (χ4n) is 18.7. The Morgan fingerprint density at radius 1 is 0.254 bits per heavy atom. The van der Waals surface area contributed by atoms with Crippen molar-refractivity contribution < 1.29 is 65.5 Å². The molecule has 708 valence electrons. The van der Waals surface area contributed by atoms with Crippen LogP contribution in [-0.4, -0.2) is 24.9 Å². The molecule has 0 aliphatic heterocycles. The van der Waals surface area contributed by atoms with Crippen molar-refractivity contribution in [3.05, 3.63) is 296 Å². The van der Waals surface area contributed by atoms with E-state index in [4.69, 9.17) is 42.6 Å². The van der Waals surface area contributed by atoms with E-state index in [9.17, 15) is 0 Å². The predicted molar refractivity (Wildman–Crippen MR) is 568 cm³/mol. The Kier molecular flexibility index (Phi) is 21.6. The quantitative estimate of drug-likeness (QED) is 0.121. The van der Waals surface area contributed by atoms with E-state index in [-0.39, 0.29) is 44.2 Å². The molecule has 0 radical (unpaired) electrons. The second-order valence-corrected chi connectivity index (χ2v) is 43.2. The Bertz CT molecular complexity index is 8670. The number of furan rings is 5. The van der Waals surface area contributed by atoms with Gasteiger partial charge in [0, 0.05) is 162 Å². The number of hydrogen-bond donors (Lipinski definition) is 0. The van der Waals surface area contributed by atoms with Crippen molar-refractivity contribution in [2.45, 2.75) is 226 Å². The van der Waals surface area contributed by atoms with Crippen LogP contribution < -0.4 is 22.8 Å². The van der Waals surface area contributed by atoms with Gasteiger partial charge in [0.05, 0.1) is 27.8 Å². The number of nitrogens with zero attached hydrogens (tertiary/aromatic N) is 10. The van der Waals surface area contributed by atoms with Gasteiger partial charge in [0.1, 0.15) is 35.2 Å². The largest absolute Gasteiger partial charge is 0.437 e. The Morgan fingerprint density at radius 3 is 0.732 bits per heavy atom. The molecule has 15 aromatic heterocycles. The number of benzene rings is 5. The second-order valence-electron chi connectivity index (χ2n) is 43.2. The molecule has 0 saturated carbocycles. The highest BCUT2D eigenvalue weighted by atomic mass is 16.4. The van der Waals surface area contributed by atoms with E-state index in [1.165, 1.54) is 63.4 Å². The van der Waals surface area contributed by atoms with Crippen molar-refractivity contribution in [3.8, 4) is 56.3 Å². The topological polar surface area (TPSA) is 150 Å². The Balaban J connectivity index is 0.000000136. The normalized spacial score (nSPS) is 14.4. The Morgan fingerprint density at radius 2 is 0.486 bits per heavy atom. The first-order valence-corrected chi connectivity index (χ1v) is 47.4. The molecule has 0 bridgehead atoms. The van der Waals surface area contributed by atoms with Crippen LogP contribution in [0.1, 0.15) is 225 Å². The van der Waals surface area contributed by atoms with Gasteiger partial charge in [-0.05, 0) is 265 Å². The minimum absolute atomic E-state index is 0.0137. The Labute approximate surface area is 836 Å². The van der Waals surface area contributed by atoms with Gasteiger partial charge in [0.15, 0.2) is 58.9 Å². The van der Waals surface area contributed by atoms with E-state index in [1.54, 1.807) is 128 Å². The SMILES string of the molecule is Cc1cc(-c2c(C)ccc3c2oc2ncccc23)[n+](C)cc1CC(C)(C)C.Cc1ccc2c(n1)oc1c(-c3cc(C)c(CC(C)(C)C)c[n+]3C)c(C)ccc12.[2H]C([2H])([2H])c1c[n+](C)c(-c2c(C)ccc3c2oc2nc(C)ccc23)cc1C([2H])([2H])C(C)(C)C.[2H]C([2H])([2H])c1c[n+](C)c(-c2c(C)ccc3c2oc2nc(C)ccc23)cc1C([2H])([2H])C(C)(C)C.[2H]C([2H])([2H])c1c[n+](C)c(-c2c(C)ccc3c2oc2ncccc23)cc1C([2H])([2H])C(C)(C)C. The third kappa shape index (κ3) is 20.5. The van der Waals surface area contributed by atoms with Crippen molar-refractivity contribution in [1.82, 2.24) is 24.9 Å². The highest BCUT2D eigenvalue weighted by molar-refractivity contribution is 6.13. The second kappa shape index (κ2) is 37.5. The molecule has 5 aromatic carbocycles. The van der Waals surface area contributed by atoms with E-state index in [0.717, 1.165) is 139 Å². The molecule has 0 aliphatic rings. The van der Waals surface area contributed by atoms with E-state index in [0.29, 0.717) is 62.4 Å². The molecule has 0 amide bonds. The van der Waals surface area contributed by atoms with Crippen molar-refractivity contribution in [2.75, 3.05) is 0 Å². The number of aryl methyl sites for hydroxylation is 18. The zero-order valence-corrected chi connectivity index (χ0v) is 85.9. The van der Waals surface area contributed by atoms with Crippen LogP contribution in [0.3, 0.4) is 0 Å². The minimum Gasteiger partial charge on any atom is -0.437 e. The standard InChI is InChI=1S/3C25H29N2O.2C24H27N2O/c2*1-15-8-10-19-20-11-9-17(3)26-24(20)28-23(19)22(15)21-12-18(13-25(4,5)6)16(2)14-27(21)7;1-15-8-10-19-20-11-9-17(3)26-24(20)28-23(19)22(15)21-12-16(2)18(14-27(21)7)13-25(4,5)6;1-15-9-10-18-19-8-7-11-25-23(19)27-22(18)21(15)20-12-17(13-24(3,4)5)16(2)14-26(20)6;1-15-9-10-18-19-8-7-11-25-23(19)27-22(18)21(15)20-12-16(2)17(14-26(20)6)13-24(3,4)5/h3*8-12,14H,13H2,1-7H3;2*7-12,14H,13H2,1-6H3/q5*+1/i2*2D3,13D2;;2D3,13D2;. The third-order valence-electron chi connectivity index (χ3n) is 25.1. The number of fused-ring (bicyclic) bond motifs is 15. The van der Waals surface area contributed by atoms with Gasteiger partial charge in [0.25, 0.3) is 0 Å². The van der Waals surface area contributed by atoms with Gasteiger partial charge in [-0.3, -0.25) is 0 Å². The van der Waals surface area contributed by atoms with Crippen molar-refractivity contribution in [3.63, 3.8) is 0 Å². The summed E-state index contributed by atoms with van der Waals surface area (Å²) in [5.74, 6) is 0. The summed E-state index contributed by atoms with van der Waals surface area (Å²) < 4.78 is 166. The molecule has 0 aliphatic carbocycles. The molecule has 15 heterocycles. The molecule has 20 aromatic rings. The van der Waals surface area contributed by atoms with Crippen LogP contribution in [0.2, 0.25) is 0 Å². The van der Waals surface area contributed by atoms with Crippen molar-refractivity contribution in [2.24, 2.45) is 62.3 Å². The maximum absolute atomic E-state index is 8.87. The zero-order valence-electron chi connectivity index (χ0n) is 101. The van der Waals surface area contributed by atoms with Crippen LogP contribution in [0, 0.1) is 117 Å². The summed E-state index contributed by atoms with van der Waals surface area (Å²) in [6.07, 6.45) is 9.08. The molecule has 15 nitrogen and oxygen atoms in total. The van der Waals surface area contributed by atoms with Crippen LogP contribution >= 0.6 is 0 Å². The van der Waals surface area contributed by atoms with Gasteiger partial charge in [0.2, 0.25) is 57.0 Å². The van der Waals surface area contributed by atoms with Gasteiger partial charge >= 0.3 is 0 Å². The predicted octanol–water partition coefficient (Wildman–Crippen LogP) is 29.3. The lowest BCUT2D eigenvalue weighted by atomic mass is 9.86. The molecular formula is C123H141N10O5+5. The van der Waals surface area contributed by atoms with Gasteiger partial charge in [-0.15, -0.1) is 0 Å². The molecule has 0 atom stereocenters. The van der Waals surface area contributed by atoms with E-state index in [2.05, 4.69) is 178 Å². The number of rotatable bonds is 10. The number of pyridine rings is 10. The summed E-state index contributed by atoms with van der Waals surface area (Å²) >= 11 is 0. The minimum atomic E-state index is -2.45. The van der Waals surface area contributed by atoms with Gasteiger partial charge < -0.3 is 22.1 Å². The average Bonchev–Trinajstić information content (AvgIpc) is 1.34. The molecule has 0 saturated heterocycles. The average molecular weight is 1850 g/mol. The highest BCUT2D eigenvalue weighted by Gasteiger charge is 2.32. The monoisotopic (exact) mass is 1850 g/mol. The van der Waals surface area contributed by atoms with Gasteiger partial charge in [-0.1, -0.05) is 165 Å². The molecule has 20 rings (SSSR count). The lowest BCUT2D eigenvalue weighted by Gasteiger charge is -2.19. The molecule has 15 heteroatoms. The van der Waals surface area contributed by atoms with Crippen molar-refractivity contribution >= 4 is 110 Å². The summed E-state index contributed by atoms with van der Waals surface area (Å²) in [5.41, 5.74) is 27.9. The first-order valence-electron chi connectivity index (χ1n) is 54.9. The van der Waals surface area contributed by atoms with Gasteiger partial charge in [-0.25, -0.2) is 47.8 Å². The summed E-state index contributed by atoms with van der Waals surface area (Å²) in [5, 5.41) is 9.84. The van der Waals surface area contributed by atoms with E-state index >= 15 is 0 Å². The molecular weight excluding hydrogens is 1700 g/mol. The third-order valence-corrected chi connectivity index (χ3v) is 25.1. The summed E-state index contributed by atoms with van der Waals surface area (Å²) in [4.78, 5) is 22.4. The maximum atomic E-state index is 8.87. The first-order chi connectivity index (χ1) is 70.9. The van der Waals surface area contributed by atoms with Crippen LogP contribution in [0.4, 0.5) is 0 Å². The van der Waals surface area contributed by atoms with E-state index in [1.807, 2.05) is 126 Å². The van der Waals surface area contributed by atoms with Crippen LogP contribution in [0.5, 0.6) is 0 Å². The first kappa shape index (κ1) is 79.6. The van der Waals surface area contributed by atoms with Gasteiger partial charge in [-0.2, -0.15) is 0 Å². The zero-order chi connectivity index (χ0) is 112. The summed E-state index contributed by atoms with van der Waals surface area (Å²) in [6, 6.07) is 50.2. The Hall–Kier alpha value is -13.4. The molecule has 0 spiro atoms. The summed E-state index contributed by atoms with van der Waals surface area (Å²) in [6.45, 7) is 42.8. The number of hydrogen-bond acceptors (Lipinski definition) is 10. The summed E-state index contributed by atoms with van der Waals surface area (Å²) in [7, 11) is 9.60. The molecule has 138 heavy (non-hydrogen) atoms. The van der Waals surface area contributed by atoms with Crippen LogP contribution in [0.25, 0.3) is 167 Å². The smallest absolute Gasteiger partial charge is 0.227 e. The lowest BCUT2D eigenvalue weighted by molar-refractivity contribution is -0.661. The fraction of sp³-hybridized carbons (Fsp3) is 0.350. The fourth-order valence-corrected chi connectivity index (χ4v) is 18.7. The maximum Gasteiger partial charge on any atom is 0.227 e. The highest BCUT2D eigenvalue weighted by Crippen LogP contribution is 2.45. The van der Waals surface area contributed by atoms with Crippen LogP contribution in [-0.2, 0) is 67.2 Å². The van der Waals surface area contributed by atoms with E-state index < -0.39 is 55.9 Å². The van der Waals surface area contributed by atoms with Crippen molar-refractivity contribution in [1.29, 1.82) is 0 Å². The van der Waals surface area contributed by atoms with Crippen LogP contribution in [0.15, 0.2) is 217 Å². The molecule has 0 N–H and O–H groups in total. The molecule has 0 fully saturated rings.